The van der Waals surface area contributed by atoms with E-state index >= 15 is 0 Å². The summed E-state index contributed by atoms with van der Waals surface area (Å²) >= 11 is 0. The van der Waals surface area contributed by atoms with Gasteiger partial charge in [0.15, 0.2) is 8.32 Å². The van der Waals surface area contributed by atoms with Crippen molar-refractivity contribution < 1.29 is 19.4 Å². The highest BCUT2D eigenvalue weighted by Gasteiger charge is 2.50. The number of H-pyrrole nitrogens is 1. The fraction of sp³-hybridized carbons (Fsp3) is 0.394. The van der Waals surface area contributed by atoms with E-state index in [9.17, 15) is 19.5 Å². The summed E-state index contributed by atoms with van der Waals surface area (Å²) in [5.74, 6) is 0.0379. The van der Waals surface area contributed by atoms with Gasteiger partial charge in [0.1, 0.15) is 0 Å². The molecule has 0 spiro atoms. The lowest BCUT2D eigenvalue weighted by Crippen LogP contribution is -2.42. The number of aromatic amines is 1. The number of aryl methyl sites for hydroxylation is 1. The number of carbonyl (C=O) groups excluding carboxylic acids is 1. The minimum atomic E-state index is -2.64. The molecule has 8 nitrogen and oxygen atoms in total. The molecule has 0 aliphatic carbocycles. The number of hydrogen-bond acceptors (Lipinski definition) is 5. The fourth-order valence-electron chi connectivity index (χ4n) is 6.49. The van der Waals surface area contributed by atoms with Crippen molar-refractivity contribution in [1.82, 2.24) is 14.7 Å². The molecule has 2 heterocycles. The van der Waals surface area contributed by atoms with Crippen LogP contribution in [0.25, 0.3) is 16.6 Å². The van der Waals surface area contributed by atoms with Gasteiger partial charge >= 0.3 is 0 Å². The standard InChI is InChI=1S/C33H41N3O5Si/c1-23-29(18-15-24-13-16-26(17-14-24)36-33(39)27-11-7-8-12-28(27)34-36)41-30(32(23)42(2,3)40)21-31(38)35(19-20-37)22-25-9-5-4-6-10-25/h4-14,16-17,23,29-30,32,34,37,40H,15,18-22H2,1-3H3/t23-,29+,30-,32+/m1/s1. The minimum absolute atomic E-state index is 0.0724. The predicted molar refractivity (Wildman–Crippen MR) is 167 cm³/mol. The third kappa shape index (κ3) is 6.60. The first-order valence-electron chi connectivity index (χ1n) is 14.7. The van der Waals surface area contributed by atoms with Crippen molar-refractivity contribution in [2.24, 2.45) is 5.92 Å². The number of fused-ring (bicyclic) bond motifs is 1. The zero-order valence-corrected chi connectivity index (χ0v) is 25.6. The van der Waals surface area contributed by atoms with E-state index in [1.807, 2.05) is 92.0 Å². The van der Waals surface area contributed by atoms with Crippen molar-refractivity contribution in [3.63, 3.8) is 0 Å². The number of ether oxygens (including phenoxy) is 1. The summed E-state index contributed by atoms with van der Waals surface area (Å²) in [5.41, 5.74) is 3.57. The third-order valence-electron chi connectivity index (χ3n) is 8.54. The number of hydrogen-bond donors (Lipinski definition) is 3. The van der Waals surface area contributed by atoms with E-state index in [-0.39, 0.29) is 54.7 Å². The molecular weight excluding hydrogens is 546 g/mol. The Hall–Kier alpha value is -3.50. The number of nitrogens with one attached hydrogen (secondary N) is 1. The molecule has 0 unspecified atom stereocenters. The van der Waals surface area contributed by atoms with Crippen LogP contribution in [0.4, 0.5) is 0 Å². The number of benzene rings is 3. The summed E-state index contributed by atoms with van der Waals surface area (Å²) in [5, 5.41) is 13.4. The second kappa shape index (κ2) is 12.8. The molecule has 3 aromatic carbocycles. The predicted octanol–water partition coefficient (Wildman–Crippen LogP) is 4.63. The van der Waals surface area contributed by atoms with Crippen molar-refractivity contribution in [2.75, 3.05) is 13.2 Å². The van der Waals surface area contributed by atoms with Crippen molar-refractivity contribution in [1.29, 1.82) is 0 Å². The van der Waals surface area contributed by atoms with Crippen LogP contribution in [0.1, 0.15) is 30.9 Å². The maximum atomic E-state index is 13.4. The van der Waals surface area contributed by atoms with Crippen LogP contribution in [-0.2, 0) is 22.5 Å². The molecular formula is C33H41N3O5Si. The molecule has 1 aliphatic rings. The first-order valence-corrected chi connectivity index (χ1v) is 17.8. The van der Waals surface area contributed by atoms with E-state index in [1.165, 1.54) is 0 Å². The first-order chi connectivity index (χ1) is 20.2. The highest BCUT2D eigenvalue weighted by Crippen LogP contribution is 2.45. The topological polar surface area (TPSA) is 108 Å². The highest BCUT2D eigenvalue weighted by atomic mass is 28.4. The van der Waals surface area contributed by atoms with E-state index in [1.54, 1.807) is 9.58 Å². The molecule has 0 radical (unpaired) electrons. The van der Waals surface area contributed by atoms with E-state index in [0.717, 1.165) is 35.2 Å². The monoisotopic (exact) mass is 587 g/mol. The maximum absolute atomic E-state index is 13.4. The Balaban J connectivity index is 1.25. The van der Waals surface area contributed by atoms with Gasteiger partial charge in [0.2, 0.25) is 5.91 Å². The molecule has 4 aromatic rings. The molecule has 1 saturated heterocycles. The zero-order chi connectivity index (χ0) is 29.9. The Morgan fingerprint density at radius 2 is 1.67 bits per heavy atom. The molecule has 1 amide bonds. The number of aromatic nitrogens is 2. The van der Waals surface area contributed by atoms with Crippen LogP contribution in [-0.4, -0.2) is 64.2 Å². The van der Waals surface area contributed by atoms with Gasteiger partial charge in [-0.1, -0.05) is 61.5 Å². The van der Waals surface area contributed by atoms with E-state index in [2.05, 4.69) is 12.0 Å². The van der Waals surface area contributed by atoms with Crippen molar-refractivity contribution in [3.05, 3.63) is 100 Å². The lowest BCUT2D eigenvalue weighted by molar-refractivity contribution is -0.135. The van der Waals surface area contributed by atoms with Crippen LogP contribution >= 0.6 is 0 Å². The molecule has 42 heavy (non-hydrogen) atoms. The molecule has 0 saturated carbocycles. The second-order valence-electron chi connectivity index (χ2n) is 12.0. The van der Waals surface area contributed by atoms with Gasteiger partial charge in [-0.25, -0.2) is 4.68 Å². The van der Waals surface area contributed by atoms with Gasteiger partial charge < -0.3 is 19.5 Å². The molecule has 1 aliphatic heterocycles. The summed E-state index contributed by atoms with van der Waals surface area (Å²) in [4.78, 5) is 39.1. The van der Waals surface area contributed by atoms with Gasteiger partial charge in [-0.05, 0) is 67.2 Å². The number of aliphatic hydroxyl groups excluding tert-OH is 1. The average molecular weight is 588 g/mol. The number of carbonyl (C=O) groups is 1. The van der Waals surface area contributed by atoms with Gasteiger partial charge in [0, 0.05) is 18.6 Å². The smallest absolute Gasteiger partial charge is 0.279 e. The second-order valence-corrected chi connectivity index (χ2v) is 16.0. The summed E-state index contributed by atoms with van der Waals surface area (Å²) in [6.07, 6.45) is 1.29. The molecule has 1 aromatic heterocycles. The highest BCUT2D eigenvalue weighted by molar-refractivity contribution is 6.71. The van der Waals surface area contributed by atoms with Gasteiger partial charge in [-0.2, -0.15) is 0 Å². The van der Waals surface area contributed by atoms with E-state index < -0.39 is 8.32 Å². The number of para-hydroxylation sites is 1. The van der Waals surface area contributed by atoms with Crippen molar-refractivity contribution in [3.8, 4) is 5.69 Å². The molecule has 3 N–H and O–H groups in total. The van der Waals surface area contributed by atoms with Crippen molar-refractivity contribution >= 4 is 25.1 Å². The number of nitrogens with zero attached hydrogens (tertiary/aromatic N) is 2. The summed E-state index contributed by atoms with van der Waals surface area (Å²) in [6, 6.07) is 25.2. The zero-order valence-electron chi connectivity index (χ0n) is 24.6. The Morgan fingerprint density at radius 3 is 2.33 bits per heavy atom. The lowest BCUT2D eigenvalue weighted by Gasteiger charge is -2.31. The summed E-state index contributed by atoms with van der Waals surface area (Å²) < 4.78 is 8.10. The first kappa shape index (κ1) is 30.0. The fourth-order valence-corrected chi connectivity index (χ4v) is 9.09. The van der Waals surface area contributed by atoms with Crippen molar-refractivity contribution in [2.45, 2.75) is 63.6 Å². The molecule has 5 rings (SSSR count). The van der Waals surface area contributed by atoms with Crippen LogP contribution in [0, 0.1) is 5.92 Å². The largest absolute Gasteiger partial charge is 0.432 e. The Bertz CT molecular complexity index is 1540. The Kier molecular flexibility index (Phi) is 9.13. The summed E-state index contributed by atoms with van der Waals surface area (Å²) in [7, 11) is -2.64. The molecule has 9 heteroatoms. The van der Waals surface area contributed by atoms with Crippen LogP contribution in [0.5, 0.6) is 0 Å². The molecule has 0 bridgehead atoms. The number of rotatable bonds is 11. The third-order valence-corrected chi connectivity index (χ3v) is 11.1. The van der Waals surface area contributed by atoms with Crippen LogP contribution in [0.3, 0.4) is 0 Å². The maximum Gasteiger partial charge on any atom is 0.279 e. The molecule has 222 valence electrons. The van der Waals surface area contributed by atoms with Gasteiger partial charge in [-0.15, -0.1) is 0 Å². The number of aliphatic hydroxyl groups is 1. The minimum Gasteiger partial charge on any atom is -0.432 e. The Morgan fingerprint density at radius 1 is 0.976 bits per heavy atom. The van der Waals surface area contributed by atoms with E-state index in [0.29, 0.717) is 11.9 Å². The van der Waals surface area contributed by atoms with Crippen LogP contribution in [0.15, 0.2) is 83.7 Å². The molecule has 4 atom stereocenters. The van der Waals surface area contributed by atoms with Gasteiger partial charge in [0.25, 0.3) is 5.56 Å². The lowest BCUT2D eigenvalue weighted by atomic mass is 9.95. The SMILES string of the molecule is C[C@H]1[C@H]([Si](C)(C)O)[C@@H](CC(=O)N(CCO)Cc2ccccc2)O[C@H]1CCc1ccc(-n2[nH]c3ccccc3c2=O)cc1. The van der Waals surface area contributed by atoms with Gasteiger partial charge in [-0.3, -0.25) is 14.7 Å². The normalized spacial score (nSPS) is 20.7. The van der Waals surface area contributed by atoms with Crippen LogP contribution in [0.2, 0.25) is 18.6 Å². The average Bonchev–Trinajstić information content (AvgIpc) is 3.48. The van der Waals surface area contributed by atoms with Gasteiger partial charge in [0.05, 0.1) is 41.8 Å². The molecule has 1 fully saturated rings. The number of amides is 1. The van der Waals surface area contributed by atoms with Crippen LogP contribution < -0.4 is 5.56 Å². The van der Waals surface area contributed by atoms with E-state index in [4.69, 9.17) is 4.74 Å². The quantitative estimate of drug-likeness (QED) is 0.222. The summed E-state index contributed by atoms with van der Waals surface area (Å²) in [6.45, 7) is 6.56. The Labute approximate surface area is 247 Å².